The van der Waals surface area contributed by atoms with E-state index < -0.39 is 11.9 Å². The maximum atomic E-state index is 9.98. The van der Waals surface area contributed by atoms with Gasteiger partial charge in [-0.25, -0.2) is 0 Å². The molecule has 0 spiro atoms. The van der Waals surface area contributed by atoms with Gasteiger partial charge in [-0.15, -0.1) is 0 Å². The molecular weight excluding hydrogens is 238 g/mol. The molecular formula is C12H26NO5+. The number of aliphatic carboxylic acids is 2. The largest absolute Gasteiger partial charge is 0.481 e. The zero-order valence-corrected chi connectivity index (χ0v) is 11.6. The summed E-state index contributed by atoms with van der Waals surface area (Å²) >= 11 is 0. The Bertz CT molecular complexity index is 219. The van der Waals surface area contributed by atoms with Crippen LogP contribution in [0.1, 0.15) is 32.1 Å². The first-order chi connectivity index (χ1) is 8.19. The highest BCUT2D eigenvalue weighted by Gasteiger charge is 2.02. The maximum Gasteiger partial charge on any atom is 0.303 e. The Kier molecular flexibility index (Phi) is 11.7. The molecule has 108 valence electrons. The van der Waals surface area contributed by atoms with Crippen molar-refractivity contribution in [1.82, 2.24) is 0 Å². The Morgan fingerprint density at radius 2 is 1.28 bits per heavy atom. The Morgan fingerprint density at radius 3 is 1.44 bits per heavy atom. The van der Waals surface area contributed by atoms with Gasteiger partial charge in [0.05, 0.1) is 27.7 Å². The number of aliphatic hydroxyl groups is 1. The molecule has 18 heavy (non-hydrogen) atoms. The van der Waals surface area contributed by atoms with E-state index in [2.05, 4.69) is 21.1 Å². The highest BCUT2D eigenvalue weighted by molar-refractivity contribution is 5.67. The van der Waals surface area contributed by atoms with Crippen LogP contribution in [-0.4, -0.2) is 66.0 Å². The van der Waals surface area contributed by atoms with Crippen molar-refractivity contribution >= 4 is 11.9 Å². The number of quaternary nitrogens is 1. The van der Waals surface area contributed by atoms with Gasteiger partial charge in [0.25, 0.3) is 0 Å². The van der Waals surface area contributed by atoms with E-state index in [1.54, 1.807) is 0 Å². The molecule has 0 aromatic rings. The molecule has 6 nitrogen and oxygen atoms in total. The minimum absolute atomic E-state index is 0.139. The zero-order valence-electron chi connectivity index (χ0n) is 11.6. The number of hydrogen-bond acceptors (Lipinski definition) is 3. The van der Waals surface area contributed by atoms with E-state index in [1.165, 1.54) is 0 Å². The molecule has 0 aromatic heterocycles. The van der Waals surface area contributed by atoms with E-state index in [0.29, 0.717) is 19.3 Å². The van der Waals surface area contributed by atoms with Gasteiger partial charge in [-0.1, -0.05) is 6.42 Å². The Morgan fingerprint density at radius 1 is 0.889 bits per heavy atom. The van der Waals surface area contributed by atoms with Crippen LogP contribution in [0.3, 0.4) is 0 Å². The number of carboxylic acids is 2. The summed E-state index contributed by atoms with van der Waals surface area (Å²) in [4.78, 5) is 20.0. The molecule has 0 aromatic carbocycles. The average Bonchev–Trinajstić information content (AvgIpc) is 2.15. The van der Waals surface area contributed by atoms with Crippen LogP contribution >= 0.6 is 0 Å². The number of unbranched alkanes of at least 4 members (excludes halogenated alkanes) is 2. The fourth-order valence-corrected chi connectivity index (χ4v) is 1.03. The minimum atomic E-state index is -0.819. The molecule has 6 heteroatoms. The van der Waals surface area contributed by atoms with Crippen LogP contribution in [0.15, 0.2) is 0 Å². The van der Waals surface area contributed by atoms with Crippen molar-refractivity contribution in [3.63, 3.8) is 0 Å². The standard InChI is InChI=1S/C7H12O4.C5H14NO/c8-6(9)4-2-1-3-5-7(10)11;1-6(2,3)4-5-7/h1-5H2,(H,8,9)(H,10,11);7H,4-5H2,1-3H3/q;+1. The van der Waals surface area contributed by atoms with E-state index in [9.17, 15) is 9.59 Å². The first-order valence-electron chi connectivity index (χ1n) is 6.04. The highest BCUT2D eigenvalue weighted by atomic mass is 16.4. The zero-order chi connectivity index (χ0) is 14.6. The molecule has 0 unspecified atom stereocenters. The number of aliphatic hydroxyl groups excluding tert-OH is 1. The van der Waals surface area contributed by atoms with Crippen LogP contribution in [-0.2, 0) is 9.59 Å². The first kappa shape index (κ1) is 19.2. The summed E-state index contributed by atoms with van der Waals surface area (Å²) in [5, 5.41) is 24.8. The van der Waals surface area contributed by atoms with Crippen LogP contribution in [0.4, 0.5) is 0 Å². The van der Waals surface area contributed by atoms with Crippen molar-refractivity contribution in [3.05, 3.63) is 0 Å². The van der Waals surface area contributed by atoms with Crippen molar-refractivity contribution in [3.8, 4) is 0 Å². The third-order valence-corrected chi connectivity index (χ3v) is 2.05. The van der Waals surface area contributed by atoms with Crippen molar-refractivity contribution in [2.24, 2.45) is 0 Å². The van der Waals surface area contributed by atoms with Gasteiger partial charge in [-0.2, -0.15) is 0 Å². The van der Waals surface area contributed by atoms with Gasteiger partial charge in [-0.05, 0) is 12.8 Å². The molecule has 0 aliphatic carbocycles. The molecule has 0 atom stereocenters. The number of hydrogen-bond donors (Lipinski definition) is 3. The maximum absolute atomic E-state index is 9.98. The summed E-state index contributed by atoms with van der Waals surface area (Å²) in [5.74, 6) is -1.64. The van der Waals surface area contributed by atoms with Gasteiger partial charge in [0.2, 0.25) is 0 Å². The Hall–Kier alpha value is -1.14. The van der Waals surface area contributed by atoms with Gasteiger partial charge < -0.3 is 19.8 Å². The second-order valence-electron chi connectivity index (χ2n) is 5.09. The summed E-state index contributed by atoms with van der Waals surface area (Å²) in [7, 11) is 6.16. The van der Waals surface area contributed by atoms with Crippen molar-refractivity contribution in [2.75, 3.05) is 34.3 Å². The van der Waals surface area contributed by atoms with Gasteiger partial charge in [0, 0.05) is 12.8 Å². The van der Waals surface area contributed by atoms with E-state index in [-0.39, 0.29) is 19.4 Å². The summed E-state index contributed by atoms with van der Waals surface area (Å²) in [6, 6.07) is 0. The number of rotatable bonds is 8. The van der Waals surface area contributed by atoms with Crippen molar-refractivity contribution < 1.29 is 29.4 Å². The summed E-state index contributed by atoms with van der Waals surface area (Å²) < 4.78 is 0.844. The molecule has 0 heterocycles. The number of carbonyl (C=O) groups is 2. The lowest BCUT2D eigenvalue weighted by Gasteiger charge is -2.21. The van der Waals surface area contributed by atoms with Gasteiger partial charge in [0.15, 0.2) is 0 Å². The normalized spacial score (nSPS) is 10.4. The molecule has 0 aliphatic heterocycles. The molecule has 0 rings (SSSR count). The fraction of sp³-hybridized carbons (Fsp3) is 0.833. The van der Waals surface area contributed by atoms with E-state index >= 15 is 0 Å². The predicted molar refractivity (Wildman–Crippen MR) is 68.3 cm³/mol. The van der Waals surface area contributed by atoms with Crippen LogP contribution in [0.2, 0.25) is 0 Å². The first-order valence-corrected chi connectivity index (χ1v) is 6.04. The topological polar surface area (TPSA) is 94.8 Å². The number of carboxylic acid groups (broad SMARTS) is 2. The lowest BCUT2D eigenvalue weighted by Crippen LogP contribution is -2.36. The van der Waals surface area contributed by atoms with Crippen LogP contribution in [0.25, 0.3) is 0 Å². The van der Waals surface area contributed by atoms with E-state index in [1.807, 2.05) is 0 Å². The second-order valence-corrected chi connectivity index (χ2v) is 5.09. The molecule has 0 aliphatic rings. The molecule has 0 amide bonds. The smallest absolute Gasteiger partial charge is 0.303 e. The molecule has 0 bridgehead atoms. The third-order valence-electron chi connectivity index (χ3n) is 2.05. The van der Waals surface area contributed by atoms with Crippen LogP contribution < -0.4 is 0 Å². The molecule has 0 saturated carbocycles. The summed E-state index contributed by atoms with van der Waals surface area (Å²) in [5.41, 5.74) is 0. The van der Waals surface area contributed by atoms with Crippen molar-refractivity contribution in [2.45, 2.75) is 32.1 Å². The minimum Gasteiger partial charge on any atom is -0.481 e. The SMILES string of the molecule is C[N+](C)(C)CCO.O=C(O)CCCCCC(=O)O. The highest BCUT2D eigenvalue weighted by Crippen LogP contribution is 2.02. The second kappa shape index (κ2) is 11.0. The predicted octanol–water partition coefficient (Wildman–Crippen LogP) is 0.791. The van der Waals surface area contributed by atoms with Crippen LogP contribution in [0, 0.1) is 0 Å². The quantitative estimate of drug-likeness (QED) is 0.445. The number of nitrogens with zero attached hydrogens (tertiary/aromatic N) is 1. The van der Waals surface area contributed by atoms with E-state index in [0.717, 1.165) is 11.0 Å². The summed E-state index contributed by atoms with van der Waals surface area (Å²) in [6.45, 7) is 1.11. The molecule has 0 fully saturated rings. The average molecular weight is 264 g/mol. The third kappa shape index (κ3) is 24.2. The van der Waals surface area contributed by atoms with Gasteiger partial charge in [0.1, 0.15) is 6.54 Å². The summed E-state index contributed by atoms with van der Waals surface area (Å²) in [6.07, 6.45) is 2.10. The monoisotopic (exact) mass is 264 g/mol. The van der Waals surface area contributed by atoms with Crippen molar-refractivity contribution in [1.29, 1.82) is 0 Å². The fourth-order valence-electron chi connectivity index (χ4n) is 1.03. The van der Waals surface area contributed by atoms with Gasteiger partial charge in [-0.3, -0.25) is 9.59 Å². The Labute approximate surface area is 108 Å². The van der Waals surface area contributed by atoms with Gasteiger partial charge >= 0.3 is 11.9 Å². The Balaban J connectivity index is 0. The van der Waals surface area contributed by atoms with E-state index in [4.69, 9.17) is 15.3 Å². The molecule has 0 radical (unpaired) electrons. The molecule has 0 saturated heterocycles. The number of likely N-dealkylation sites (N-methyl/N-ethyl adjacent to an activating group) is 1. The molecule has 3 N–H and O–H groups in total. The van der Waals surface area contributed by atoms with Crippen LogP contribution in [0.5, 0.6) is 0 Å². The lowest BCUT2D eigenvalue weighted by molar-refractivity contribution is -0.870. The lowest BCUT2D eigenvalue weighted by atomic mass is 10.1.